The fraction of sp³-hybridized carbons (Fsp3) is 0.359. The smallest absolute Gasteiger partial charge is 0.335 e. The lowest BCUT2D eigenvalue weighted by Gasteiger charge is -2.28. The van der Waals surface area contributed by atoms with Gasteiger partial charge in [0.2, 0.25) is 52.6 Å². The van der Waals surface area contributed by atoms with Crippen LogP contribution in [0.15, 0.2) is 166 Å². The van der Waals surface area contributed by atoms with Crippen LogP contribution < -0.4 is 38.1 Å². The summed E-state index contributed by atoms with van der Waals surface area (Å²) >= 11 is 5.73. The first-order chi connectivity index (χ1) is 69.3. The van der Waals surface area contributed by atoms with Crippen molar-refractivity contribution in [3.8, 4) is 45.9 Å². The number of piperidine rings is 6. The van der Waals surface area contributed by atoms with Crippen LogP contribution in [0, 0.1) is 73.8 Å². The second kappa shape index (κ2) is 54.5. The van der Waals surface area contributed by atoms with E-state index in [9.17, 15) is 73.5 Å². The van der Waals surface area contributed by atoms with E-state index in [1.165, 1.54) is 52.5 Å². The summed E-state index contributed by atoms with van der Waals surface area (Å²) in [5.41, 5.74) is 20.5. The molecular weight excluding hydrogens is 1940 g/mol. The van der Waals surface area contributed by atoms with Crippen LogP contribution >= 0.6 is 24.0 Å². The number of carboxylic acids is 2. The minimum absolute atomic E-state index is 0. The number of carboxylic acid groups (broad SMARTS) is 2. The van der Waals surface area contributed by atoms with E-state index >= 15 is 0 Å². The summed E-state index contributed by atoms with van der Waals surface area (Å²) in [6.07, 6.45) is 30.0. The third kappa shape index (κ3) is 33.3. The summed E-state index contributed by atoms with van der Waals surface area (Å²) in [5, 5.41) is 114. The first kappa shape index (κ1) is 112. The van der Waals surface area contributed by atoms with Gasteiger partial charge >= 0.3 is 29.0 Å². The van der Waals surface area contributed by atoms with Gasteiger partial charge in [-0.3, -0.25) is 92.4 Å². The highest BCUT2D eigenvalue weighted by Crippen LogP contribution is 2.32. The Balaban J connectivity index is 0.000000212. The molecule has 9 aromatic heterocycles. The van der Waals surface area contributed by atoms with Crippen LogP contribution in [0.4, 0.5) is 46.0 Å². The van der Waals surface area contributed by atoms with Crippen LogP contribution in [-0.4, -0.2) is 279 Å². The Kier molecular flexibility index (Phi) is 41.8. The highest BCUT2D eigenvalue weighted by atomic mass is 35.5. The molecule has 6 aliphatic heterocycles. The molecular formula is C92H110Cl2N34O18. The Morgan fingerprint density at radius 3 is 1.16 bits per heavy atom. The quantitative estimate of drug-likeness (QED) is 0.0156. The third-order valence-electron chi connectivity index (χ3n) is 23.0. The number of nitro groups is 3. The summed E-state index contributed by atoms with van der Waals surface area (Å²) in [5.74, 6) is -0.984. The molecule has 15 heterocycles. The van der Waals surface area contributed by atoms with Gasteiger partial charge in [-0.05, 0) is 124 Å². The predicted octanol–water partition coefficient (Wildman–Crippen LogP) is 8.92. The minimum atomic E-state index is -0.966. The molecule has 6 saturated heterocycles. The van der Waals surface area contributed by atoms with E-state index in [-0.39, 0.29) is 138 Å². The van der Waals surface area contributed by atoms with E-state index in [1.807, 2.05) is 81.9 Å². The molecule has 18 rings (SSSR count). The maximum atomic E-state index is 12.0. The molecule has 770 valence electrons. The van der Waals surface area contributed by atoms with Gasteiger partial charge in [-0.2, -0.15) is 41.1 Å². The molecule has 54 heteroatoms. The highest BCUT2D eigenvalue weighted by Gasteiger charge is 2.31. The zero-order valence-electron chi connectivity index (χ0n) is 80.2. The van der Waals surface area contributed by atoms with Gasteiger partial charge in [-0.1, -0.05) is 36.4 Å². The zero-order valence-corrected chi connectivity index (χ0v) is 81.8. The number of amides is 7. The number of aliphatic hydroxyl groups excluding tert-OH is 1. The Bertz CT molecular complexity index is 6610. The molecule has 6 unspecified atom stereocenters. The number of hydrogen-bond acceptors (Lipinski definition) is 34. The number of H-pyrrole nitrogens is 1. The first-order valence-electron chi connectivity index (χ1n) is 45.1. The van der Waals surface area contributed by atoms with E-state index in [0.717, 1.165) is 114 Å². The van der Waals surface area contributed by atoms with Crippen LogP contribution in [0.1, 0.15) is 156 Å². The molecule has 6 fully saturated rings. The molecule has 0 aliphatic carbocycles. The fourth-order valence-corrected chi connectivity index (χ4v) is 15.0. The monoisotopic (exact) mass is 2050 g/mol. The summed E-state index contributed by atoms with van der Waals surface area (Å²) in [6, 6.07) is 23.8. The molecule has 0 spiro atoms. The lowest BCUT2D eigenvalue weighted by molar-refractivity contribution is -0.385. The lowest BCUT2D eigenvalue weighted by Crippen LogP contribution is -2.36. The number of nitrogens with one attached hydrogen (secondary N) is 6. The second-order valence-corrected chi connectivity index (χ2v) is 33.9. The molecule has 7 amide bonds. The first-order valence-corrected chi connectivity index (χ1v) is 45.5. The van der Waals surface area contributed by atoms with E-state index in [0.29, 0.717) is 87.0 Å². The number of aliphatic hydroxyl groups is 1. The molecule has 6 atom stereocenters. The molecule has 0 bridgehead atoms. The minimum Gasteiger partial charge on any atom is -0.478 e. The van der Waals surface area contributed by atoms with Crippen molar-refractivity contribution in [2.24, 2.45) is 5.73 Å². The van der Waals surface area contributed by atoms with Crippen LogP contribution in [0.5, 0.6) is 0 Å². The Labute approximate surface area is 846 Å². The molecule has 6 aliphatic rings. The standard InChI is InChI=1S/C23H24N8O2.C21H22N6O3.C12H9ClN2O2.C9H12N4O3.C9H14N4O.C8H10N4O3.C5H9NO2.C3H3N3O2.C2H4N2.ClH.H2/c1-15-12-26-23(28-18-13-27-31(14-18)19-7-10-30(2)20(32)11-19)29-21(15)16-3-5-17(6-4-16)22(33)25-9-8-24;1-13-10-22-21(25-19(13)14-3-5-15(6-4-14)20(29)30)24-16-11-23-27(12-16)17-7-8-26(2)18(28)9-17;1-7-6-14-12(13)15-10(7)8-2-4-9(5-3-8)11(16)17;1-11-3-2-7(4-9(11)14)12-6-8(5-10-12)13(15)16;1-12-3-2-8(4-9(12)14)13-6-7(10)5-11-13;13-8-3-6(1-2-9-8)11-5-7(4-10-11)12(14)15;7-4-1-2-6-5(8)3-4;7-6(8)3-1-4-5-2-3;3-1-2-4;;/h3-6,12-14,19H,7,9-11H2,1-2H3,(H,25,33)(H,26,28,29);3-6,10-12,17H,7-9H2,1-2H3,(H,29,30)(H,22,24,25);2-6H,1H3,(H,16,17);5-7H,2-4H2,1H3;5-6,8H,2-4,10H2,1H3;4-6H,1-3H2,(H,9,13);4,7H,1-3H2,(H,6,8);1-2H,(H,4,5);1,3H2;2*1H. The average Bonchev–Trinajstić information content (AvgIpc) is 1.26. The largest absolute Gasteiger partial charge is 0.478 e. The molecule has 13 N–H and O–H groups in total. The van der Waals surface area contributed by atoms with Crippen molar-refractivity contribution in [3.63, 3.8) is 0 Å². The number of nitrogens with zero attached hydrogens (tertiary/aromatic N) is 26. The number of rotatable bonds is 19. The van der Waals surface area contributed by atoms with Gasteiger partial charge in [0.05, 0.1) is 146 Å². The average molecular weight is 2050 g/mol. The van der Waals surface area contributed by atoms with Crippen LogP contribution in [0.3, 0.4) is 0 Å². The second-order valence-electron chi connectivity index (χ2n) is 33.5. The Morgan fingerprint density at radius 1 is 0.479 bits per heavy atom. The van der Waals surface area contributed by atoms with Gasteiger partial charge in [-0.15, -0.1) is 12.4 Å². The number of halogens is 2. The van der Waals surface area contributed by atoms with Crippen molar-refractivity contribution in [1.29, 1.82) is 10.5 Å². The van der Waals surface area contributed by atoms with Gasteiger partial charge in [-0.25, -0.2) is 39.5 Å². The van der Waals surface area contributed by atoms with Crippen LogP contribution in [-0.2, 0) is 28.8 Å². The number of anilines is 5. The Morgan fingerprint density at radius 2 is 0.836 bits per heavy atom. The van der Waals surface area contributed by atoms with E-state index < -0.39 is 32.8 Å². The number of nitriles is 2. The third-order valence-corrected chi connectivity index (χ3v) is 23.2. The summed E-state index contributed by atoms with van der Waals surface area (Å²) < 4.78 is 8.44. The lowest BCUT2D eigenvalue weighted by atomic mass is 10.1. The van der Waals surface area contributed by atoms with Crippen LogP contribution in [0.2, 0.25) is 5.28 Å². The van der Waals surface area contributed by atoms with E-state index in [1.54, 1.807) is 129 Å². The van der Waals surface area contributed by atoms with Gasteiger partial charge in [0.1, 0.15) is 37.5 Å². The highest BCUT2D eigenvalue weighted by molar-refractivity contribution is 6.28. The number of benzene rings is 3. The molecule has 0 saturated carbocycles. The number of carbonyl (C=O) groups excluding carboxylic acids is 7. The van der Waals surface area contributed by atoms with E-state index in [4.69, 9.17) is 43.2 Å². The topological polar surface area (TPSA) is 712 Å². The molecule has 12 aromatic rings. The summed E-state index contributed by atoms with van der Waals surface area (Å²) in [6.45, 7) is 9.90. The van der Waals surface area contributed by atoms with Crippen molar-refractivity contribution >= 4 is 123 Å². The van der Waals surface area contributed by atoms with Gasteiger partial charge < -0.3 is 73.0 Å². The van der Waals surface area contributed by atoms with Crippen LogP contribution in [0.25, 0.3) is 33.8 Å². The number of aryl methyl sites for hydroxylation is 3. The zero-order chi connectivity index (χ0) is 105. The molecule has 0 radical (unpaired) electrons. The Hall–Kier alpha value is -17.5. The van der Waals surface area contributed by atoms with Crippen molar-refractivity contribution in [1.82, 2.24) is 125 Å². The normalized spacial score (nSPS) is 17.1. The summed E-state index contributed by atoms with van der Waals surface area (Å²) in [4.78, 5) is 164. The van der Waals surface area contributed by atoms with Crippen molar-refractivity contribution in [3.05, 3.63) is 235 Å². The van der Waals surface area contributed by atoms with E-state index in [2.05, 4.69) is 97.9 Å². The number of aromatic nitrogens is 18. The predicted molar refractivity (Wildman–Crippen MR) is 531 cm³/mol. The molecule has 3 aromatic carbocycles. The SMILES string of the molecule is CN1CCC(n2cc(N)cn2)CC1=O.CN1CCC(n2cc([N+](=O)[O-])cn2)CC1=O.Cc1cnc(Cl)nc1-c1ccc(C(=O)O)cc1.Cc1cnc(Nc2cnn(C3CCN(C)C(=O)C3)c2)nc1-c1ccc(C(=O)NCC#N)cc1.Cc1cnc(Nc2cnn(C3CCN(C)C(=O)C3)c2)nc1-c1ccc(C(=O)O)cc1.Cl.N#CCN.O=C1CC(O)CCN1.O=C1CC(n2cc([N+](=O)[O-])cn2)CCN1.O=[N+]([O-])c1cn[nH]c1.[HH]. The molecule has 52 nitrogen and oxygen atoms in total. The number of carbonyl (C=O) groups is 9. The van der Waals surface area contributed by atoms with Gasteiger partial charge in [0.25, 0.3) is 5.91 Å². The van der Waals surface area contributed by atoms with Gasteiger partial charge in [0.15, 0.2) is 0 Å². The molecule has 146 heavy (non-hydrogen) atoms. The maximum absolute atomic E-state index is 12.0. The number of likely N-dealkylation sites (tertiary alicyclic amines) is 4. The number of nitrogens with two attached hydrogens (primary N) is 2. The van der Waals surface area contributed by atoms with Gasteiger partial charge in [0, 0.05) is 160 Å². The maximum Gasteiger partial charge on any atom is 0.335 e. The van der Waals surface area contributed by atoms with Crippen molar-refractivity contribution < 1.29 is 74.7 Å². The fourth-order valence-electron chi connectivity index (χ4n) is 14.8. The van der Waals surface area contributed by atoms with Crippen molar-refractivity contribution in [2.75, 3.05) is 96.9 Å². The number of hydrogen-bond donors (Lipinski definition) is 11. The van der Waals surface area contributed by atoms with Crippen molar-refractivity contribution in [2.45, 2.75) is 134 Å². The number of aromatic carboxylic acids is 2. The summed E-state index contributed by atoms with van der Waals surface area (Å²) in [7, 11) is 7.22. The number of aromatic amines is 1. The number of nitrogen functional groups attached to an aromatic ring is 1.